The molecule has 1 N–H and O–H groups in total. The number of carbonyl (C=O) groups excluding carboxylic acids is 3. The molecule has 3 aromatic rings. The zero-order valence-electron chi connectivity index (χ0n) is 18.1. The lowest BCUT2D eigenvalue weighted by Gasteiger charge is -2.17. The molecule has 1 heterocycles. The number of hydrogen-bond acceptors (Lipinski definition) is 3. The number of aryl methyl sites for hydroxylation is 4. The number of hydrogen-bond donors (Lipinski definition) is 1. The van der Waals surface area contributed by atoms with Gasteiger partial charge in [-0.2, -0.15) is 0 Å². The zero-order valence-corrected chi connectivity index (χ0v) is 18.1. The molecule has 1 aliphatic heterocycles. The maximum absolute atomic E-state index is 13.1. The average molecular weight is 412 g/mol. The highest BCUT2D eigenvalue weighted by Crippen LogP contribution is 2.32. The highest BCUT2D eigenvalue weighted by Gasteiger charge is 2.37. The van der Waals surface area contributed by atoms with Crippen LogP contribution in [0.2, 0.25) is 0 Å². The second-order valence-electron chi connectivity index (χ2n) is 7.91. The molecule has 0 aromatic heterocycles. The number of nitrogens with one attached hydrogen (secondary N) is 1. The summed E-state index contributed by atoms with van der Waals surface area (Å²) in [5.74, 6) is -1.08. The Labute approximate surface area is 181 Å². The van der Waals surface area contributed by atoms with E-state index >= 15 is 0 Å². The summed E-state index contributed by atoms with van der Waals surface area (Å²) in [6, 6.07) is 16.2. The molecule has 0 bridgehead atoms. The molecule has 1 aliphatic rings. The molecule has 31 heavy (non-hydrogen) atoms. The minimum atomic E-state index is -0.409. The molecule has 3 aromatic carbocycles. The van der Waals surface area contributed by atoms with Crippen molar-refractivity contribution in [2.45, 2.75) is 34.1 Å². The summed E-state index contributed by atoms with van der Waals surface area (Å²) in [4.78, 5) is 40.3. The van der Waals surface area contributed by atoms with Crippen LogP contribution < -0.4 is 10.2 Å². The fourth-order valence-corrected chi connectivity index (χ4v) is 3.95. The number of rotatable bonds is 4. The minimum Gasteiger partial charge on any atom is -0.321 e. The van der Waals surface area contributed by atoms with Crippen LogP contribution in [0.4, 0.5) is 11.4 Å². The topological polar surface area (TPSA) is 66.5 Å². The van der Waals surface area contributed by atoms with E-state index in [4.69, 9.17) is 0 Å². The van der Waals surface area contributed by atoms with E-state index in [1.54, 1.807) is 12.1 Å². The lowest BCUT2D eigenvalue weighted by atomic mass is 10.0. The molecule has 0 aliphatic carbocycles. The number of benzene rings is 3. The van der Waals surface area contributed by atoms with Crippen molar-refractivity contribution in [3.05, 3.63) is 93.5 Å². The van der Waals surface area contributed by atoms with Crippen LogP contribution in [0.15, 0.2) is 54.6 Å². The fourth-order valence-electron chi connectivity index (χ4n) is 3.95. The number of para-hydroxylation sites is 1. The predicted octanol–water partition coefficient (Wildman–Crippen LogP) is 5.23. The molecule has 5 nitrogen and oxygen atoms in total. The van der Waals surface area contributed by atoms with Crippen LogP contribution >= 0.6 is 0 Å². The van der Waals surface area contributed by atoms with E-state index in [0.29, 0.717) is 16.8 Å². The Kier molecular flexibility index (Phi) is 5.19. The van der Waals surface area contributed by atoms with Crippen LogP contribution in [0, 0.1) is 20.8 Å². The predicted molar refractivity (Wildman–Crippen MR) is 122 cm³/mol. The van der Waals surface area contributed by atoms with Gasteiger partial charge in [-0.1, -0.05) is 37.3 Å². The van der Waals surface area contributed by atoms with Crippen molar-refractivity contribution >= 4 is 29.1 Å². The second kappa shape index (κ2) is 7.84. The quantitative estimate of drug-likeness (QED) is 0.597. The highest BCUT2D eigenvalue weighted by atomic mass is 16.2. The van der Waals surface area contributed by atoms with Gasteiger partial charge in [0.25, 0.3) is 17.7 Å². The van der Waals surface area contributed by atoms with Crippen molar-refractivity contribution < 1.29 is 14.4 Å². The summed E-state index contributed by atoms with van der Waals surface area (Å²) >= 11 is 0. The number of fused-ring (bicyclic) bond motifs is 1. The molecule has 156 valence electrons. The Morgan fingerprint density at radius 1 is 0.871 bits per heavy atom. The third kappa shape index (κ3) is 3.52. The van der Waals surface area contributed by atoms with Gasteiger partial charge < -0.3 is 5.32 Å². The van der Waals surface area contributed by atoms with Crippen molar-refractivity contribution in [1.29, 1.82) is 0 Å². The standard InChI is InChI=1S/C26H24N2O3/c1-5-18-8-6-7-17(4)23(18)27-24(29)19-11-12-20-21(14-19)26(31)28(25(20)30)22-13-15(2)9-10-16(22)3/h6-14H,5H2,1-4H3,(H,27,29). The van der Waals surface area contributed by atoms with Gasteiger partial charge in [-0.05, 0) is 73.7 Å². The Balaban J connectivity index is 1.68. The third-order valence-electron chi connectivity index (χ3n) is 5.73. The highest BCUT2D eigenvalue weighted by molar-refractivity contribution is 6.35. The first-order chi connectivity index (χ1) is 14.8. The van der Waals surface area contributed by atoms with Gasteiger partial charge in [-0.15, -0.1) is 0 Å². The molecule has 0 atom stereocenters. The molecular weight excluding hydrogens is 388 g/mol. The van der Waals surface area contributed by atoms with Crippen molar-refractivity contribution in [3.63, 3.8) is 0 Å². The zero-order chi connectivity index (χ0) is 22.3. The minimum absolute atomic E-state index is 0.249. The summed E-state index contributed by atoms with van der Waals surface area (Å²) < 4.78 is 0. The van der Waals surface area contributed by atoms with Crippen LogP contribution in [0.1, 0.15) is 60.3 Å². The van der Waals surface area contributed by atoms with Gasteiger partial charge in [0.1, 0.15) is 0 Å². The first-order valence-corrected chi connectivity index (χ1v) is 10.3. The van der Waals surface area contributed by atoms with Gasteiger partial charge in [-0.25, -0.2) is 4.90 Å². The number of amides is 3. The van der Waals surface area contributed by atoms with Gasteiger partial charge >= 0.3 is 0 Å². The van der Waals surface area contributed by atoms with Gasteiger partial charge in [0, 0.05) is 11.3 Å². The van der Waals surface area contributed by atoms with Crippen molar-refractivity contribution in [2.75, 3.05) is 10.2 Å². The lowest BCUT2D eigenvalue weighted by molar-refractivity contribution is 0.0925. The Hall–Kier alpha value is -3.73. The van der Waals surface area contributed by atoms with E-state index in [2.05, 4.69) is 5.32 Å². The maximum Gasteiger partial charge on any atom is 0.266 e. The molecule has 5 heteroatoms. The molecule has 4 rings (SSSR count). The maximum atomic E-state index is 13.1. The van der Waals surface area contributed by atoms with Crippen LogP contribution in [0.5, 0.6) is 0 Å². The molecular formula is C26H24N2O3. The van der Waals surface area contributed by atoms with Gasteiger partial charge in [0.05, 0.1) is 16.8 Å². The summed E-state index contributed by atoms with van der Waals surface area (Å²) in [6.07, 6.45) is 0.791. The van der Waals surface area contributed by atoms with Gasteiger partial charge in [-0.3, -0.25) is 14.4 Å². The molecule has 0 unspecified atom stereocenters. The summed E-state index contributed by atoms with van der Waals surface area (Å²) in [5, 5.41) is 2.97. The molecule has 0 fully saturated rings. The summed E-state index contributed by atoms with van der Waals surface area (Å²) in [6.45, 7) is 7.76. The van der Waals surface area contributed by atoms with Crippen LogP contribution in [0.25, 0.3) is 0 Å². The van der Waals surface area contributed by atoms with Crippen LogP contribution in [0.3, 0.4) is 0 Å². The fraction of sp³-hybridized carbons (Fsp3) is 0.192. The molecule has 0 spiro atoms. The van der Waals surface area contributed by atoms with E-state index in [0.717, 1.165) is 34.4 Å². The summed E-state index contributed by atoms with van der Waals surface area (Å²) in [7, 11) is 0. The van der Waals surface area contributed by atoms with Gasteiger partial charge in [0.2, 0.25) is 0 Å². The third-order valence-corrected chi connectivity index (χ3v) is 5.73. The second-order valence-corrected chi connectivity index (χ2v) is 7.91. The smallest absolute Gasteiger partial charge is 0.266 e. The van der Waals surface area contributed by atoms with Gasteiger partial charge in [0.15, 0.2) is 0 Å². The largest absolute Gasteiger partial charge is 0.321 e. The Bertz CT molecular complexity index is 1240. The molecule has 3 amide bonds. The lowest BCUT2D eigenvalue weighted by Crippen LogP contribution is -2.30. The number of imide groups is 1. The number of carbonyl (C=O) groups is 3. The van der Waals surface area contributed by atoms with E-state index in [1.807, 2.05) is 64.1 Å². The number of anilines is 2. The van der Waals surface area contributed by atoms with Crippen molar-refractivity contribution in [3.8, 4) is 0 Å². The first kappa shape index (κ1) is 20.5. The van der Waals surface area contributed by atoms with E-state index < -0.39 is 5.91 Å². The summed E-state index contributed by atoms with van der Waals surface area (Å²) in [5.41, 5.74) is 6.08. The van der Waals surface area contributed by atoms with Crippen molar-refractivity contribution in [1.82, 2.24) is 0 Å². The Morgan fingerprint density at radius 3 is 2.35 bits per heavy atom. The first-order valence-electron chi connectivity index (χ1n) is 10.3. The Morgan fingerprint density at radius 2 is 1.61 bits per heavy atom. The van der Waals surface area contributed by atoms with Crippen LogP contribution in [-0.4, -0.2) is 17.7 Å². The average Bonchev–Trinajstić information content (AvgIpc) is 3.01. The van der Waals surface area contributed by atoms with Crippen molar-refractivity contribution in [2.24, 2.45) is 0 Å². The number of nitrogens with zero attached hydrogens (tertiary/aromatic N) is 1. The molecule has 0 saturated carbocycles. The molecule has 0 radical (unpaired) electrons. The van der Waals surface area contributed by atoms with E-state index in [9.17, 15) is 14.4 Å². The van der Waals surface area contributed by atoms with Crippen LogP contribution in [-0.2, 0) is 6.42 Å². The van der Waals surface area contributed by atoms with E-state index in [1.165, 1.54) is 11.0 Å². The normalized spacial score (nSPS) is 12.8. The van der Waals surface area contributed by atoms with E-state index in [-0.39, 0.29) is 17.4 Å². The monoisotopic (exact) mass is 412 g/mol. The SMILES string of the molecule is CCc1cccc(C)c1NC(=O)c1ccc2c(c1)C(=O)N(c1cc(C)ccc1C)C2=O. The molecule has 0 saturated heterocycles.